The zero-order valence-electron chi connectivity index (χ0n) is 13.7. The van der Waals surface area contributed by atoms with Crippen LogP contribution in [0.2, 0.25) is 0 Å². The number of carbonyl (C=O) groups is 1. The molecule has 6 heteroatoms. The van der Waals surface area contributed by atoms with Gasteiger partial charge in [-0.1, -0.05) is 47.6 Å². The third-order valence-corrected chi connectivity index (χ3v) is 4.40. The summed E-state index contributed by atoms with van der Waals surface area (Å²) >= 11 is 0. The number of nitrogens with one attached hydrogen (secondary N) is 1. The molecule has 1 N–H and O–H groups in total. The van der Waals surface area contributed by atoms with Gasteiger partial charge in [-0.05, 0) is 16.3 Å². The molecule has 0 bridgehead atoms. The molecule has 25 heavy (non-hydrogen) atoms. The summed E-state index contributed by atoms with van der Waals surface area (Å²) in [4.78, 5) is 13.7. The molecule has 1 saturated heterocycles. The van der Waals surface area contributed by atoms with Crippen molar-refractivity contribution in [3.8, 4) is 0 Å². The van der Waals surface area contributed by atoms with Crippen LogP contribution in [0.15, 0.2) is 59.3 Å². The Bertz CT molecular complexity index is 852. The van der Waals surface area contributed by atoms with Crippen LogP contribution in [-0.2, 0) is 17.9 Å². The molecule has 3 aromatic rings. The van der Waals surface area contributed by atoms with E-state index in [1.165, 1.54) is 22.6 Å². The van der Waals surface area contributed by atoms with Crippen LogP contribution in [-0.4, -0.2) is 35.3 Å². The maximum Gasteiger partial charge on any atom is 0.317 e. The minimum absolute atomic E-state index is 0.0803. The summed E-state index contributed by atoms with van der Waals surface area (Å²) in [5, 5.41) is 9.00. The third-order valence-electron chi connectivity index (χ3n) is 4.40. The number of benzene rings is 2. The Morgan fingerprint density at radius 3 is 2.88 bits per heavy atom. The molecule has 0 aliphatic carbocycles. The van der Waals surface area contributed by atoms with E-state index in [-0.39, 0.29) is 12.1 Å². The van der Waals surface area contributed by atoms with Gasteiger partial charge in [0.1, 0.15) is 12.0 Å². The highest BCUT2D eigenvalue weighted by Crippen LogP contribution is 2.21. The predicted octanol–water partition coefficient (Wildman–Crippen LogP) is 2.94. The van der Waals surface area contributed by atoms with Crippen molar-refractivity contribution in [2.24, 2.45) is 0 Å². The number of ether oxygens (including phenoxy) is 1. The molecule has 2 heterocycles. The second-order valence-electron chi connectivity index (χ2n) is 6.13. The number of urea groups is 1. The predicted molar refractivity (Wildman–Crippen MR) is 92.8 cm³/mol. The minimum Gasteiger partial charge on any atom is -0.370 e. The largest absolute Gasteiger partial charge is 0.370 e. The number of amides is 2. The highest BCUT2D eigenvalue weighted by atomic mass is 16.5. The average Bonchev–Trinajstić information content (AvgIpc) is 3.12. The van der Waals surface area contributed by atoms with E-state index in [9.17, 15) is 4.79 Å². The lowest BCUT2D eigenvalue weighted by Gasteiger charge is -2.38. The van der Waals surface area contributed by atoms with E-state index in [0.29, 0.717) is 31.9 Å². The van der Waals surface area contributed by atoms with Crippen LogP contribution in [0, 0.1) is 0 Å². The standard InChI is InChI=1S/C19H19N3O3/c23-19(20-10-16-8-9-25-21-16)22-11-17(12-22)24-13-15-6-3-5-14-4-1-2-7-18(14)15/h1-9,17H,10-13H2,(H,20,23). The van der Waals surface area contributed by atoms with Crippen LogP contribution < -0.4 is 5.32 Å². The molecule has 6 nitrogen and oxygen atoms in total. The second kappa shape index (κ2) is 6.94. The topological polar surface area (TPSA) is 67.6 Å². The lowest BCUT2D eigenvalue weighted by atomic mass is 10.1. The number of fused-ring (bicyclic) bond motifs is 1. The lowest BCUT2D eigenvalue weighted by Crippen LogP contribution is -2.57. The highest BCUT2D eigenvalue weighted by Gasteiger charge is 2.31. The summed E-state index contributed by atoms with van der Waals surface area (Å²) in [5.74, 6) is 0. The van der Waals surface area contributed by atoms with Gasteiger partial charge in [-0.25, -0.2) is 4.79 Å². The smallest absolute Gasteiger partial charge is 0.317 e. The van der Waals surface area contributed by atoms with E-state index >= 15 is 0 Å². The Labute approximate surface area is 145 Å². The molecule has 0 saturated carbocycles. The first-order chi connectivity index (χ1) is 12.3. The quantitative estimate of drug-likeness (QED) is 0.777. The van der Waals surface area contributed by atoms with Gasteiger partial charge in [-0.2, -0.15) is 0 Å². The van der Waals surface area contributed by atoms with Gasteiger partial charge < -0.3 is 19.5 Å². The van der Waals surface area contributed by atoms with Crippen LogP contribution in [0.1, 0.15) is 11.3 Å². The fourth-order valence-corrected chi connectivity index (χ4v) is 2.94. The summed E-state index contributed by atoms with van der Waals surface area (Å²) in [5.41, 5.74) is 1.88. The van der Waals surface area contributed by atoms with Crippen LogP contribution in [0.5, 0.6) is 0 Å². The summed E-state index contributed by atoms with van der Waals surface area (Å²) < 4.78 is 10.7. The van der Waals surface area contributed by atoms with Crippen molar-refractivity contribution in [2.45, 2.75) is 19.3 Å². The average molecular weight is 337 g/mol. The molecule has 0 atom stereocenters. The number of likely N-dealkylation sites (tertiary alicyclic amines) is 1. The van der Waals surface area contributed by atoms with E-state index in [2.05, 4.69) is 34.7 Å². The minimum atomic E-state index is -0.104. The molecule has 1 aromatic heterocycles. The van der Waals surface area contributed by atoms with Crippen molar-refractivity contribution >= 4 is 16.8 Å². The van der Waals surface area contributed by atoms with Gasteiger partial charge in [0.2, 0.25) is 0 Å². The Balaban J connectivity index is 1.25. The zero-order valence-corrected chi connectivity index (χ0v) is 13.7. The molecule has 1 fully saturated rings. The monoisotopic (exact) mass is 337 g/mol. The number of hydrogen-bond donors (Lipinski definition) is 1. The Hall–Kier alpha value is -2.86. The maximum absolute atomic E-state index is 12.0. The Morgan fingerprint density at radius 1 is 1.20 bits per heavy atom. The molecule has 1 aliphatic rings. The molecule has 128 valence electrons. The van der Waals surface area contributed by atoms with E-state index in [1.54, 1.807) is 11.0 Å². The van der Waals surface area contributed by atoms with E-state index in [0.717, 1.165) is 0 Å². The SMILES string of the molecule is O=C(NCc1ccon1)N1CC(OCc2cccc3ccccc23)C1. The first kappa shape index (κ1) is 15.7. The number of carbonyl (C=O) groups excluding carboxylic acids is 1. The number of hydrogen-bond acceptors (Lipinski definition) is 4. The molecule has 2 aromatic carbocycles. The molecular weight excluding hydrogens is 318 g/mol. The second-order valence-corrected chi connectivity index (χ2v) is 6.13. The van der Waals surface area contributed by atoms with Crippen molar-refractivity contribution in [3.05, 3.63) is 66.1 Å². The molecular formula is C19H19N3O3. The molecule has 1 aliphatic heterocycles. The number of rotatable bonds is 5. The van der Waals surface area contributed by atoms with Crippen molar-refractivity contribution < 1.29 is 14.1 Å². The van der Waals surface area contributed by atoms with Crippen molar-refractivity contribution in [2.75, 3.05) is 13.1 Å². The highest BCUT2D eigenvalue weighted by molar-refractivity contribution is 5.85. The maximum atomic E-state index is 12.0. The van der Waals surface area contributed by atoms with Gasteiger partial charge in [0.15, 0.2) is 0 Å². The molecule has 2 amide bonds. The Kier molecular flexibility index (Phi) is 4.35. The van der Waals surface area contributed by atoms with E-state index < -0.39 is 0 Å². The normalized spacial score (nSPS) is 14.5. The lowest BCUT2D eigenvalue weighted by molar-refractivity contribution is -0.0438. The summed E-state index contributed by atoms with van der Waals surface area (Å²) in [6.07, 6.45) is 1.57. The number of nitrogens with zero attached hydrogens (tertiary/aromatic N) is 2. The van der Waals surface area contributed by atoms with Gasteiger partial charge in [0, 0.05) is 6.07 Å². The first-order valence-electron chi connectivity index (χ1n) is 8.30. The molecule has 0 spiro atoms. The number of aromatic nitrogens is 1. The van der Waals surface area contributed by atoms with Crippen LogP contribution in [0.4, 0.5) is 4.79 Å². The van der Waals surface area contributed by atoms with Gasteiger partial charge in [-0.3, -0.25) is 0 Å². The fraction of sp³-hybridized carbons (Fsp3) is 0.263. The fourth-order valence-electron chi connectivity index (χ4n) is 2.94. The Morgan fingerprint density at radius 2 is 2.04 bits per heavy atom. The van der Waals surface area contributed by atoms with Crippen molar-refractivity contribution in [1.82, 2.24) is 15.4 Å². The van der Waals surface area contributed by atoms with Gasteiger partial charge in [0.05, 0.1) is 32.3 Å². The zero-order chi connectivity index (χ0) is 17.1. The van der Waals surface area contributed by atoms with Crippen LogP contribution >= 0.6 is 0 Å². The molecule has 4 rings (SSSR count). The third kappa shape index (κ3) is 3.49. The van der Waals surface area contributed by atoms with E-state index in [1.807, 2.05) is 18.2 Å². The summed E-state index contributed by atoms with van der Waals surface area (Å²) in [6.45, 7) is 2.14. The molecule has 0 unspecified atom stereocenters. The first-order valence-corrected chi connectivity index (χ1v) is 8.30. The van der Waals surface area contributed by atoms with Crippen LogP contribution in [0.3, 0.4) is 0 Å². The van der Waals surface area contributed by atoms with Crippen molar-refractivity contribution in [1.29, 1.82) is 0 Å². The molecule has 0 radical (unpaired) electrons. The van der Waals surface area contributed by atoms with Gasteiger partial charge in [0.25, 0.3) is 0 Å². The van der Waals surface area contributed by atoms with Crippen LogP contribution in [0.25, 0.3) is 10.8 Å². The van der Waals surface area contributed by atoms with Gasteiger partial charge >= 0.3 is 6.03 Å². The van der Waals surface area contributed by atoms with E-state index in [4.69, 9.17) is 9.26 Å². The summed E-state index contributed by atoms with van der Waals surface area (Å²) in [6, 6.07) is 16.1. The summed E-state index contributed by atoms with van der Waals surface area (Å²) in [7, 11) is 0. The van der Waals surface area contributed by atoms with Crippen molar-refractivity contribution in [3.63, 3.8) is 0 Å². The van der Waals surface area contributed by atoms with Gasteiger partial charge in [-0.15, -0.1) is 0 Å².